The van der Waals surface area contributed by atoms with Gasteiger partial charge in [0.05, 0.1) is 23.9 Å². The number of hydrogen-bond donors (Lipinski definition) is 1. The van der Waals surface area contributed by atoms with Crippen LogP contribution in [-0.2, 0) is 21.4 Å². The molecule has 0 radical (unpaired) electrons. The van der Waals surface area contributed by atoms with Crippen LogP contribution in [0.5, 0.6) is 11.5 Å². The van der Waals surface area contributed by atoms with Gasteiger partial charge in [0.1, 0.15) is 24.7 Å². The number of halogens is 1. The summed E-state index contributed by atoms with van der Waals surface area (Å²) in [6, 6.07) is 29.4. The van der Waals surface area contributed by atoms with Gasteiger partial charge in [0.25, 0.3) is 15.9 Å². The minimum Gasteiger partial charge on any atom is -0.497 e. The van der Waals surface area contributed by atoms with Crippen molar-refractivity contribution >= 4 is 43.8 Å². The summed E-state index contributed by atoms with van der Waals surface area (Å²) in [5.74, 6) is 0.658. The zero-order valence-electron chi connectivity index (χ0n) is 21.0. The van der Waals surface area contributed by atoms with Crippen LogP contribution in [0.4, 0.5) is 5.69 Å². The third-order valence-corrected chi connectivity index (χ3v) is 7.90. The Morgan fingerprint density at radius 3 is 2.18 bits per heavy atom. The molecule has 8 nitrogen and oxygen atoms in total. The zero-order chi connectivity index (χ0) is 27.7. The van der Waals surface area contributed by atoms with E-state index in [1.807, 2.05) is 24.3 Å². The minimum absolute atomic E-state index is 0.0690. The second-order valence-electron chi connectivity index (χ2n) is 8.30. The van der Waals surface area contributed by atoms with Gasteiger partial charge in [0.2, 0.25) is 0 Å². The Morgan fingerprint density at radius 2 is 1.54 bits per heavy atom. The quantitative estimate of drug-likeness (QED) is 0.182. The van der Waals surface area contributed by atoms with Crippen molar-refractivity contribution in [2.24, 2.45) is 5.10 Å². The van der Waals surface area contributed by atoms with Gasteiger partial charge in [-0.15, -0.1) is 0 Å². The van der Waals surface area contributed by atoms with Gasteiger partial charge < -0.3 is 9.47 Å². The largest absolute Gasteiger partial charge is 0.497 e. The average Bonchev–Trinajstić information content (AvgIpc) is 2.97. The number of carbonyl (C=O) groups is 1. The molecule has 39 heavy (non-hydrogen) atoms. The van der Waals surface area contributed by atoms with Crippen molar-refractivity contribution in [3.63, 3.8) is 0 Å². The van der Waals surface area contributed by atoms with E-state index in [2.05, 4.69) is 26.5 Å². The standard InChI is InChI=1S/C29H26BrN3O5S/c1-37-26-17-13-25(14-18-26)33(39(35,36)28-5-3-2-4-6-28)20-29(34)32-31-19-22-9-15-27(16-10-22)38-21-23-7-11-24(30)12-8-23/h2-19H,20-21H2,1H3,(H,32,34). The van der Waals surface area contributed by atoms with Gasteiger partial charge in [-0.3, -0.25) is 9.10 Å². The van der Waals surface area contributed by atoms with Crippen molar-refractivity contribution in [1.82, 2.24) is 5.43 Å². The van der Waals surface area contributed by atoms with Crippen LogP contribution >= 0.6 is 15.9 Å². The fourth-order valence-corrected chi connectivity index (χ4v) is 5.23. The number of sulfonamides is 1. The van der Waals surface area contributed by atoms with Crippen molar-refractivity contribution in [2.45, 2.75) is 11.5 Å². The molecule has 0 spiro atoms. The molecule has 0 fully saturated rings. The van der Waals surface area contributed by atoms with Gasteiger partial charge in [-0.25, -0.2) is 13.8 Å². The van der Waals surface area contributed by atoms with Crippen LogP contribution in [0.3, 0.4) is 0 Å². The topological polar surface area (TPSA) is 97.3 Å². The maximum Gasteiger partial charge on any atom is 0.264 e. The Bertz CT molecular complexity index is 1510. The molecule has 4 aromatic rings. The molecule has 0 aliphatic heterocycles. The van der Waals surface area contributed by atoms with E-state index in [0.29, 0.717) is 23.8 Å². The molecular weight excluding hydrogens is 582 g/mol. The first-order chi connectivity index (χ1) is 18.8. The summed E-state index contributed by atoms with van der Waals surface area (Å²) >= 11 is 3.41. The molecule has 1 amide bonds. The molecular formula is C29H26BrN3O5S. The normalized spacial score (nSPS) is 11.2. The third-order valence-electron chi connectivity index (χ3n) is 5.58. The second kappa shape index (κ2) is 13.1. The van der Waals surface area contributed by atoms with Crippen molar-refractivity contribution < 1.29 is 22.7 Å². The molecule has 0 aliphatic rings. The molecule has 0 bridgehead atoms. The van der Waals surface area contributed by atoms with Gasteiger partial charge in [-0.2, -0.15) is 5.10 Å². The fourth-order valence-electron chi connectivity index (χ4n) is 3.53. The Kier molecular flexibility index (Phi) is 9.35. The maximum absolute atomic E-state index is 13.4. The molecule has 0 saturated heterocycles. The number of anilines is 1. The van der Waals surface area contributed by atoms with Crippen LogP contribution in [0.2, 0.25) is 0 Å². The van der Waals surface area contributed by atoms with E-state index in [4.69, 9.17) is 9.47 Å². The predicted octanol–water partition coefficient (Wildman–Crippen LogP) is 5.38. The average molecular weight is 609 g/mol. The number of hydrazone groups is 1. The lowest BCUT2D eigenvalue weighted by atomic mass is 10.2. The number of nitrogens with one attached hydrogen (secondary N) is 1. The van der Waals surface area contributed by atoms with Gasteiger partial charge in [0.15, 0.2) is 0 Å². The van der Waals surface area contributed by atoms with E-state index >= 15 is 0 Å². The Balaban J connectivity index is 1.39. The fraction of sp³-hybridized carbons (Fsp3) is 0.103. The van der Waals surface area contributed by atoms with Crippen molar-refractivity contribution in [2.75, 3.05) is 18.0 Å². The number of rotatable bonds is 11. The van der Waals surface area contributed by atoms with Gasteiger partial charge in [-0.05, 0) is 83.9 Å². The highest BCUT2D eigenvalue weighted by atomic mass is 79.9. The van der Waals surface area contributed by atoms with Gasteiger partial charge in [-0.1, -0.05) is 46.3 Å². The highest BCUT2D eigenvalue weighted by Crippen LogP contribution is 2.25. The lowest BCUT2D eigenvalue weighted by Gasteiger charge is -2.23. The van der Waals surface area contributed by atoms with Crippen LogP contribution in [0.1, 0.15) is 11.1 Å². The molecule has 0 atom stereocenters. The van der Waals surface area contributed by atoms with Crippen LogP contribution in [0.15, 0.2) is 118 Å². The predicted molar refractivity (Wildman–Crippen MR) is 155 cm³/mol. The summed E-state index contributed by atoms with van der Waals surface area (Å²) in [6.45, 7) is -0.0307. The number of carbonyl (C=O) groups excluding carboxylic acids is 1. The number of ether oxygens (including phenoxy) is 2. The molecule has 0 saturated carbocycles. The number of hydrogen-bond acceptors (Lipinski definition) is 6. The Morgan fingerprint density at radius 1 is 0.897 bits per heavy atom. The molecule has 0 heterocycles. The van der Waals surface area contributed by atoms with E-state index in [1.54, 1.807) is 66.7 Å². The first-order valence-electron chi connectivity index (χ1n) is 11.9. The smallest absolute Gasteiger partial charge is 0.264 e. The minimum atomic E-state index is -4.01. The lowest BCUT2D eigenvalue weighted by Crippen LogP contribution is -2.39. The summed E-state index contributed by atoms with van der Waals surface area (Å²) in [6.07, 6.45) is 1.47. The number of nitrogens with zero attached hydrogens (tertiary/aromatic N) is 2. The van der Waals surface area contributed by atoms with Gasteiger partial charge >= 0.3 is 0 Å². The molecule has 10 heteroatoms. The SMILES string of the molecule is COc1ccc(N(CC(=O)NN=Cc2ccc(OCc3ccc(Br)cc3)cc2)S(=O)(=O)c2ccccc2)cc1. The molecule has 4 aromatic carbocycles. The maximum atomic E-state index is 13.4. The summed E-state index contributed by atoms with van der Waals surface area (Å²) < 4.78 is 39.7. The lowest BCUT2D eigenvalue weighted by molar-refractivity contribution is -0.119. The molecule has 4 rings (SSSR count). The third kappa shape index (κ3) is 7.68. The Hall–Kier alpha value is -4.15. The van der Waals surface area contributed by atoms with Crippen LogP contribution in [0, 0.1) is 0 Å². The van der Waals surface area contributed by atoms with Crippen LogP contribution in [-0.4, -0.2) is 34.2 Å². The number of benzene rings is 4. The van der Waals surface area contributed by atoms with Crippen molar-refractivity contribution in [3.05, 3.63) is 119 Å². The second-order valence-corrected chi connectivity index (χ2v) is 11.1. The monoisotopic (exact) mass is 607 g/mol. The molecule has 0 aromatic heterocycles. The number of amides is 1. The summed E-state index contributed by atoms with van der Waals surface area (Å²) in [5.41, 5.74) is 4.50. The Labute approximate surface area is 236 Å². The van der Waals surface area contributed by atoms with E-state index < -0.39 is 22.5 Å². The van der Waals surface area contributed by atoms with Crippen LogP contribution in [0.25, 0.3) is 0 Å². The summed E-state index contributed by atoms with van der Waals surface area (Å²) in [4.78, 5) is 12.8. The van der Waals surface area contributed by atoms with E-state index in [-0.39, 0.29) is 4.90 Å². The van der Waals surface area contributed by atoms with Gasteiger partial charge in [0, 0.05) is 4.47 Å². The number of methoxy groups -OCH3 is 1. The summed E-state index contributed by atoms with van der Waals surface area (Å²) in [5, 5.41) is 3.99. The van der Waals surface area contributed by atoms with E-state index in [9.17, 15) is 13.2 Å². The highest BCUT2D eigenvalue weighted by molar-refractivity contribution is 9.10. The van der Waals surface area contributed by atoms with E-state index in [0.717, 1.165) is 19.9 Å². The first-order valence-corrected chi connectivity index (χ1v) is 14.1. The molecule has 0 unspecified atom stereocenters. The molecule has 200 valence electrons. The van der Waals surface area contributed by atoms with E-state index in [1.165, 1.54) is 25.5 Å². The van der Waals surface area contributed by atoms with Crippen LogP contribution < -0.4 is 19.2 Å². The first kappa shape index (κ1) is 27.9. The van der Waals surface area contributed by atoms with Crippen molar-refractivity contribution in [3.8, 4) is 11.5 Å². The van der Waals surface area contributed by atoms with Crippen molar-refractivity contribution in [1.29, 1.82) is 0 Å². The molecule has 1 N–H and O–H groups in total. The summed E-state index contributed by atoms with van der Waals surface area (Å²) in [7, 11) is -2.50. The molecule has 0 aliphatic carbocycles. The highest BCUT2D eigenvalue weighted by Gasteiger charge is 2.27. The zero-order valence-corrected chi connectivity index (χ0v) is 23.4.